The first-order valence-electron chi connectivity index (χ1n) is 3.99. The number of pyridine rings is 1. The average Bonchev–Trinajstić information content (AvgIpc) is 2.28. The average molecular weight is 164 g/mol. The summed E-state index contributed by atoms with van der Waals surface area (Å²) < 4.78 is 5.45. The second kappa shape index (κ2) is 2.12. The van der Waals surface area contributed by atoms with E-state index in [0.29, 0.717) is 12.4 Å². The van der Waals surface area contributed by atoms with Crippen molar-refractivity contribution < 1.29 is 4.74 Å². The number of nitrogen functional groups attached to an aromatic ring is 1. The molecule has 3 heteroatoms. The van der Waals surface area contributed by atoms with Crippen LogP contribution in [-0.4, -0.2) is 11.6 Å². The third-order valence-electron chi connectivity index (χ3n) is 2.11. The minimum atomic E-state index is 0.00468. The van der Waals surface area contributed by atoms with Gasteiger partial charge in [0.2, 0.25) is 0 Å². The first-order chi connectivity index (χ1) is 5.59. The molecule has 1 aliphatic rings. The van der Waals surface area contributed by atoms with Crippen molar-refractivity contribution in [3.05, 3.63) is 17.8 Å². The number of rotatable bonds is 0. The Morgan fingerprint density at radius 1 is 1.50 bits per heavy atom. The Morgan fingerprint density at radius 2 is 2.25 bits per heavy atom. The maximum absolute atomic E-state index is 5.59. The second-order valence-electron chi connectivity index (χ2n) is 3.76. The molecule has 0 bridgehead atoms. The lowest BCUT2D eigenvalue weighted by atomic mass is 9.91. The molecule has 1 aliphatic heterocycles. The summed E-state index contributed by atoms with van der Waals surface area (Å²) in [7, 11) is 0. The molecule has 0 spiro atoms. The molecule has 0 aromatic carbocycles. The molecule has 0 unspecified atom stereocenters. The van der Waals surface area contributed by atoms with E-state index < -0.39 is 0 Å². The standard InChI is InChI=1S/C9H12N2O/c1-9(2)5-12-6-3-4-7(10)11-8(6)9/h3-4H,5H2,1-2H3,(H2,10,11). The fourth-order valence-electron chi connectivity index (χ4n) is 1.39. The molecule has 0 saturated carbocycles. The molecule has 1 aromatic rings. The van der Waals surface area contributed by atoms with Crippen LogP contribution in [0.1, 0.15) is 19.5 Å². The summed E-state index contributed by atoms with van der Waals surface area (Å²) in [5.41, 5.74) is 6.56. The molecular weight excluding hydrogens is 152 g/mol. The number of nitrogens with two attached hydrogens (primary N) is 1. The maximum atomic E-state index is 5.59. The van der Waals surface area contributed by atoms with Crippen molar-refractivity contribution >= 4 is 5.82 Å². The number of aromatic nitrogens is 1. The predicted octanol–water partition coefficient (Wildman–Crippen LogP) is 1.33. The van der Waals surface area contributed by atoms with Gasteiger partial charge < -0.3 is 10.5 Å². The highest BCUT2D eigenvalue weighted by atomic mass is 16.5. The van der Waals surface area contributed by atoms with Gasteiger partial charge >= 0.3 is 0 Å². The van der Waals surface area contributed by atoms with Gasteiger partial charge in [0.05, 0.1) is 12.3 Å². The first-order valence-corrected chi connectivity index (χ1v) is 3.99. The number of fused-ring (bicyclic) bond motifs is 1. The minimum Gasteiger partial charge on any atom is -0.491 e. The van der Waals surface area contributed by atoms with Crippen molar-refractivity contribution in [3.8, 4) is 5.75 Å². The summed E-state index contributed by atoms with van der Waals surface area (Å²) in [5, 5.41) is 0. The van der Waals surface area contributed by atoms with Crippen molar-refractivity contribution in [1.29, 1.82) is 0 Å². The fourth-order valence-corrected chi connectivity index (χ4v) is 1.39. The Balaban J connectivity index is 2.57. The van der Waals surface area contributed by atoms with Gasteiger partial charge in [-0.15, -0.1) is 0 Å². The molecule has 0 fully saturated rings. The van der Waals surface area contributed by atoms with Gasteiger partial charge in [0.15, 0.2) is 0 Å². The van der Waals surface area contributed by atoms with Gasteiger partial charge in [0.25, 0.3) is 0 Å². The molecular formula is C9H12N2O. The minimum absolute atomic E-state index is 0.00468. The van der Waals surface area contributed by atoms with Gasteiger partial charge in [0, 0.05) is 5.41 Å². The zero-order valence-corrected chi connectivity index (χ0v) is 7.29. The smallest absolute Gasteiger partial charge is 0.141 e. The quantitative estimate of drug-likeness (QED) is 0.629. The van der Waals surface area contributed by atoms with Crippen LogP contribution in [0.15, 0.2) is 12.1 Å². The van der Waals surface area contributed by atoms with E-state index in [2.05, 4.69) is 18.8 Å². The van der Waals surface area contributed by atoms with Gasteiger partial charge in [-0.3, -0.25) is 0 Å². The molecule has 64 valence electrons. The normalized spacial score (nSPS) is 18.5. The van der Waals surface area contributed by atoms with Crippen molar-refractivity contribution in [2.24, 2.45) is 0 Å². The zero-order valence-electron chi connectivity index (χ0n) is 7.29. The number of ether oxygens (including phenoxy) is 1. The highest BCUT2D eigenvalue weighted by Crippen LogP contribution is 2.36. The van der Waals surface area contributed by atoms with Crippen molar-refractivity contribution in [2.45, 2.75) is 19.3 Å². The first kappa shape index (κ1) is 7.40. The summed E-state index contributed by atoms with van der Waals surface area (Å²) in [6, 6.07) is 3.65. The van der Waals surface area contributed by atoms with E-state index in [1.165, 1.54) is 0 Å². The van der Waals surface area contributed by atoms with Gasteiger partial charge in [-0.25, -0.2) is 4.98 Å². The van der Waals surface area contributed by atoms with Crippen LogP contribution in [0.2, 0.25) is 0 Å². The summed E-state index contributed by atoms with van der Waals surface area (Å²) in [6.45, 7) is 4.90. The summed E-state index contributed by atoms with van der Waals surface area (Å²) >= 11 is 0. The highest BCUT2D eigenvalue weighted by Gasteiger charge is 2.33. The van der Waals surface area contributed by atoms with E-state index in [1.807, 2.05) is 6.07 Å². The van der Waals surface area contributed by atoms with Gasteiger partial charge in [-0.05, 0) is 12.1 Å². The highest BCUT2D eigenvalue weighted by molar-refractivity contribution is 5.43. The van der Waals surface area contributed by atoms with E-state index >= 15 is 0 Å². The largest absolute Gasteiger partial charge is 0.491 e. The van der Waals surface area contributed by atoms with Gasteiger partial charge in [-0.2, -0.15) is 0 Å². The van der Waals surface area contributed by atoms with Crippen LogP contribution < -0.4 is 10.5 Å². The van der Waals surface area contributed by atoms with Gasteiger partial charge in [0.1, 0.15) is 11.6 Å². The van der Waals surface area contributed by atoms with Crippen LogP contribution in [0.4, 0.5) is 5.82 Å². The predicted molar refractivity (Wildman–Crippen MR) is 47.2 cm³/mol. The molecule has 1 aromatic heterocycles. The Hall–Kier alpha value is -1.25. The molecule has 0 radical (unpaired) electrons. The number of nitrogens with zero attached hydrogens (tertiary/aromatic N) is 1. The molecule has 12 heavy (non-hydrogen) atoms. The molecule has 3 nitrogen and oxygen atoms in total. The SMILES string of the molecule is CC1(C)COc2ccc(N)nc21. The van der Waals surface area contributed by atoms with Crippen molar-refractivity contribution in [3.63, 3.8) is 0 Å². The number of hydrogen-bond acceptors (Lipinski definition) is 3. The van der Waals surface area contributed by atoms with E-state index in [-0.39, 0.29) is 5.41 Å². The Morgan fingerprint density at radius 3 is 3.00 bits per heavy atom. The van der Waals surface area contributed by atoms with Crippen LogP contribution in [0.5, 0.6) is 5.75 Å². The third-order valence-corrected chi connectivity index (χ3v) is 2.11. The topological polar surface area (TPSA) is 48.1 Å². The Bertz CT molecular complexity index is 320. The molecule has 0 atom stereocenters. The molecule has 0 amide bonds. The second-order valence-corrected chi connectivity index (χ2v) is 3.76. The Kier molecular flexibility index (Phi) is 1.31. The van der Waals surface area contributed by atoms with Crippen molar-refractivity contribution in [2.75, 3.05) is 12.3 Å². The lowest BCUT2D eigenvalue weighted by Gasteiger charge is -2.13. The molecule has 2 heterocycles. The van der Waals surface area contributed by atoms with E-state index in [9.17, 15) is 0 Å². The molecule has 0 aliphatic carbocycles. The van der Waals surface area contributed by atoms with Crippen LogP contribution >= 0.6 is 0 Å². The molecule has 0 saturated heterocycles. The number of anilines is 1. The summed E-state index contributed by atoms with van der Waals surface area (Å²) in [5.74, 6) is 1.43. The summed E-state index contributed by atoms with van der Waals surface area (Å²) in [4.78, 5) is 4.26. The lowest BCUT2D eigenvalue weighted by molar-refractivity contribution is 0.290. The Labute approximate surface area is 71.6 Å². The van der Waals surface area contributed by atoms with Crippen LogP contribution in [0.25, 0.3) is 0 Å². The van der Waals surface area contributed by atoms with E-state index in [4.69, 9.17) is 10.5 Å². The zero-order chi connectivity index (χ0) is 8.77. The molecule has 2 N–H and O–H groups in total. The number of hydrogen-bond donors (Lipinski definition) is 1. The van der Waals surface area contributed by atoms with E-state index in [0.717, 1.165) is 11.4 Å². The monoisotopic (exact) mass is 164 g/mol. The van der Waals surface area contributed by atoms with Gasteiger partial charge in [-0.1, -0.05) is 13.8 Å². The van der Waals surface area contributed by atoms with Crippen LogP contribution in [0, 0.1) is 0 Å². The van der Waals surface area contributed by atoms with E-state index in [1.54, 1.807) is 6.07 Å². The maximum Gasteiger partial charge on any atom is 0.141 e. The van der Waals surface area contributed by atoms with Crippen LogP contribution in [-0.2, 0) is 5.41 Å². The van der Waals surface area contributed by atoms with Crippen LogP contribution in [0.3, 0.4) is 0 Å². The molecule has 2 rings (SSSR count). The fraction of sp³-hybridized carbons (Fsp3) is 0.444. The lowest BCUT2D eigenvalue weighted by Crippen LogP contribution is -2.19. The third kappa shape index (κ3) is 0.932. The van der Waals surface area contributed by atoms with Crippen molar-refractivity contribution in [1.82, 2.24) is 4.98 Å². The summed E-state index contributed by atoms with van der Waals surface area (Å²) in [6.07, 6.45) is 0.